The van der Waals surface area contributed by atoms with Crippen molar-refractivity contribution in [2.45, 2.75) is 62.7 Å². The Hall–Kier alpha value is -0.210. The molecule has 0 spiro atoms. The molecule has 1 fully saturated rings. The minimum Gasteiger partial charge on any atom is -0.313 e. The lowest BCUT2D eigenvalue weighted by Gasteiger charge is -2.51. The van der Waals surface area contributed by atoms with E-state index in [1.165, 1.54) is 28.7 Å². The first-order valence-electron chi connectivity index (χ1n) is 6.00. The van der Waals surface area contributed by atoms with Gasteiger partial charge >= 0.3 is 0 Å². The molecule has 0 bridgehead atoms. The summed E-state index contributed by atoms with van der Waals surface area (Å²) in [7, 11) is 0. The van der Waals surface area contributed by atoms with Crippen LogP contribution >= 0.6 is 23.7 Å². The maximum absolute atomic E-state index is 10.2. The Morgan fingerprint density at radius 1 is 1.39 bits per heavy atom. The average Bonchev–Trinajstić information content (AvgIpc) is 2.75. The van der Waals surface area contributed by atoms with Gasteiger partial charge in [-0.25, -0.2) is 0 Å². The van der Waals surface area contributed by atoms with Gasteiger partial charge in [0.25, 0.3) is 0 Å². The number of aromatic nitrogens is 2. The fourth-order valence-electron chi connectivity index (χ4n) is 2.70. The minimum absolute atomic E-state index is 0.222. The molecule has 1 aliphatic heterocycles. The van der Waals surface area contributed by atoms with Gasteiger partial charge in [-0.2, -0.15) is 13.8 Å². The number of nitrogens with zero attached hydrogens (tertiary/aromatic N) is 3. The van der Waals surface area contributed by atoms with Gasteiger partial charge in [0.1, 0.15) is 5.03 Å². The molecule has 2 N–H and O–H groups in total. The van der Waals surface area contributed by atoms with E-state index >= 15 is 0 Å². The standard InChI is InChI=1S/C11H20N4OS2/c1-10(2)5-8(6-11(3,4)15(10)16)13-17-9-7-12-18-14-9/h7-8,13,16H,5-6H2,1-4H3. The van der Waals surface area contributed by atoms with Gasteiger partial charge in [0.05, 0.1) is 17.9 Å². The van der Waals surface area contributed by atoms with E-state index in [1.54, 1.807) is 6.20 Å². The molecule has 1 aliphatic rings. The summed E-state index contributed by atoms with van der Waals surface area (Å²) in [4.78, 5) is 0. The van der Waals surface area contributed by atoms with E-state index in [9.17, 15) is 5.21 Å². The van der Waals surface area contributed by atoms with Crippen LogP contribution in [0.5, 0.6) is 0 Å². The summed E-state index contributed by atoms with van der Waals surface area (Å²) in [6.45, 7) is 8.27. The van der Waals surface area contributed by atoms with Gasteiger partial charge < -0.3 is 5.21 Å². The van der Waals surface area contributed by atoms with E-state index in [-0.39, 0.29) is 11.1 Å². The zero-order chi connectivity index (χ0) is 13.4. The van der Waals surface area contributed by atoms with Crippen molar-refractivity contribution in [2.75, 3.05) is 0 Å². The van der Waals surface area contributed by atoms with Gasteiger partial charge in [-0.15, -0.1) is 0 Å². The van der Waals surface area contributed by atoms with Crippen LogP contribution < -0.4 is 4.72 Å². The molecule has 18 heavy (non-hydrogen) atoms. The van der Waals surface area contributed by atoms with Crippen LogP contribution in [0.25, 0.3) is 0 Å². The lowest BCUT2D eigenvalue weighted by atomic mass is 9.79. The second-order valence-corrected chi connectivity index (χ2v) is 7.42. The molecule has 0 atom stereocenters. The maximum atomic E-state index is 10.2. The highest BCUT2D eigenvalue weighted by Gasteiger charge is 2.44. The first-order valence-corrected chi connectivity index (χ1v) is 7.55. The van der Waals surface area contributed by atoms with E-state index in [4.69, 9.17) is 0 Å². The number of rotatable bonds is 3. The van der Waals surface area contributed by atoms with Crippen molar-refractivity contribution in [2.24, 2.45) is 0 Å². The average molecular weight is 288 g/mol. The zero-order valence-electron chi connectivity index (χ0n) is 11.2. The third-order valence-corrected chi connectivity index (χ3v) is 4.76. The largest absolute Gasteiger partial charge is 0.313 e. The second-order valence-electron chi connectivity index (χ2n) is 6.01. The molecule has 1 aromatic heterocycles. The van der Waals surface area contributed by atoms with Gasteiger partial charge in [0.15, 0.2) is 0 Å². The molecule has 1 aromatic rings. The van der Waals surface area contributed by atoms with E-state index < -0.39 is 0 Å². The quantitative estimate of drug-likeness (QED) is 0.834. The molecule has 102 valence electrons. The summed E-state index contributed by atoms with van der Waals surface area (Å²) >= 11 is 2.74. The highest BCUT2D eigenvalue weighted by atomic mass is 32.2. The van der Waals surface area contributed by atoms with Gasteiger partial charge in [-0.05, 0) is 52.5 Å². The first kappa shape index (κ1) is 14.2. The number of hydrogen-bond acceptors (Lipinski definition) is 7. The van der Waals surface area contributed by atoms with Crippen molar-refractivity contribution in [3.8, 4) is 0 Å². The molecule has 2 rings (SSSR count). The van der Waals surface area contributed by atoms with E-state index in [0.717, 1.165) is 17.9 Å². The topological polar surface area (TPSA) is 61.3 Å². The minimum atomic E-state index is -0.222. The van der Waals surface area contributed by atoms with Gasteiger partial charge in [0.2, 0.25) is 0 Å². The van der Waals surface area contributed by atoms with Crippen molar-refractivity contribution in [3.63, 3.8) is 0 Å². The summed E-state index contributed by atoms with van der Waals surface area (Å²) in [6.07, 6.45) is 3.56. The SMILES string of the molecule is CC1(C)CC(NSc2cnsn2)CC(C)(C)N1O. The number of hydroxylamine groups is 2. The molecule has 0 amide bonds. The second kappa shape index (κ2) is 5.05. The van der Waals surface area contributed by atoms with Crippen molar-refractivity contribution < 1.29 is 5.21 Å². The highest BCUT2D eigenvalue weighted by molar-refractivity contribution is 7.97. The molecule has 0 unspecified atom stereocenters. The predicted molar refractivity (Wildman–Crippen MR) is 73.7 cm³/mol. The molecule has 0 saturated carbocycles. The molecule has 5 nitrogen and oxygen atoms in total. The first-order chi connectivity index (χ1) is 8.31. The lowest BCUT2D eigenvalue weighted by Crippen LogP contribution is -2.61. The Morgan fingerprint density at radius 2 is 2.00 bits per heavy atom. The summed E-state index contributed by atoms with van der Waals surface area (Å²) in [5, 5.41) is 12.6. The fraction of sp³-hybridized carbons (Fsp3) is 0.818. The van der Waals surface area contributed by atoms with Crippen molar-refractivity contribution >= 4 is 23.7 Å². The highest BCUT2D eigenvalue weighted by Crippen LogP contribution is 2.37. The van der Waals surface area contributed by atoms with E-state index in [2.05, 4.69) is 41.2 Å². The number of hydrogen-bond donors (Lipinski definition) is 2. The fourth-order valence-corrected chi connectivity index (χ4v) is 3.90. The van der Waals surface area contributed by atoms with Crippen molar-refractivity contribution in [1.29, 1.82) is 0 Å². The van der Waals surface area contributed by atoms with E-state index in [1.807, 2.05) is 0 Å². The Balaban J connectivity index is 1.98. The van der Waals surface area contributed by atoms with Crippen molar-refractivity contribution in [3.05, 3.63) is 6.20 Å². The molecule has 0 radical (unpaired) electrons. The van der Waals surface area contributed by atoms with Gasteiger partial charge in [0, 0.05) is 17.1 Å². The maximum Gasteiger partial charge on any atom is 0.145 e. The van der Waals surface area contributed by atoms with Crippen LogP contribution in [0, 0.1) is 0 Å². The van der Waals surface area contributed by atoms with Crippen LogP contribution in [-0.2, 0) is 0 Å². The Morgan fingerprint density at radius 3 is 2.50 bits per heavy atom. The summed E-state index contributed by atoms with van der Waals surface area (Å²) in [5.74, 6) is 0. The molecule has 2 heterocycles. The monoisotopic (exact) mass is 288 g/mol. The third-order valence-electron chi connectivity index (χ3n) is 3.31. The molecular formula is C11H20N4OS2. The molecule has 0 aliphatic carbocycles. The number of piperidine rings is 1. The van der Waals surface area contributed by atoms with Crippen LogP contribution in [-0.4, -0.2) is 36.1 Å². The predicted octanol–water partition coefficient (Wildman–Crippen LogP) is 2.55. The lowest BCUT2D eigenvalue weighted by molar-refractivity contribution is -0.245. The van der Waals surface area contributed by atoms with Crippen molar-refractivity contribution in [1.82, 2.24) is 18.5 Å². The molecule has 0 aromatic carbocycles. The molecular weight excluding hydrogens is 268 g/mol. The Kier molecular flexibility index (Phi) is 3.99. The normalized spacial score (nSPS) is 24.3. The molecule has 1 saturated heterocycles. The Labute approximate surface area is 116 Å². The third kappa shape index (κ3) is 3.03. The molecule has 7 heteroatoms. The Bertz CT molecular complexity index is 376. The van der Waals surface area contributed by atoms with E-state index in [0.29, 0.717) is 6.04 Å². The van der Waals surface area contributed by atoms with Crippen LogP contribution in [0.4, 0.5) is 0 Å². The zero-order valence-corrected chi connectivity index (χ0v) is 12.8. The smallest absolute Gasteiger partial charge is 0.145 e. The van der Waals surface area contributed by atoms with Gasteiger partial charge in [-0.1, -0.05) is 0 Å². The van der Waals surface area contributed by atoms with Crippen LogP contribution in [0.1, 0.15) is 40.5 Å². The van der Waals surface area contributed by atoms with Gasteiger partial charge in [-0.3, -0.25) is 4.72 Å². The van der Waals surface area contributed by atoms with Crippen LogP contribution in [0.3, 0.4) is 0 Å². The number of nitrogens with one attached hydrogen (secondary N) is 1. The van der Waals surface area contributed by atoms with Crippen LogP contribution in [0.2, 0.25) is 0 Å². The van der Waals surface area contributed by atoms with Crippen LogP contribution in [0.15, 0.2) is 11.2 Å². The summed E-state index contributed by atoms with van der Waals surface area (Å²) in [5.41, 5.74) is -0.444. The summed E-state index contributed by atoms with van der Waals surface area (Å²) < 4.78 is 11.6. The summed E-state index contributed by atoms with van der Waals surface area (Å²) in [6, 6.07) is 0.352.